The maximum absolute atomic E-state index is 14.8. The first-order chi connectivity index (χ1) is 13.9. The predicted molar refractivity (Wildman–Crippen MR) is 116 cm³/mol. The van der Waals surface area contributed by atoms with Gasteiger partial charge in [-0.05, 0) is 37.3 Å². The lowest BCUT2D eigenvalue weighted by Gasteiger charge is -2.21. The molecule has 1 aromatic carbocycles. The number of aliphatic hydroxyl groups is 1. The number of hydrogen-bond acceptors (Lipinski definition) is 6. The molecule has 7 nitrogen and oxygen atoms in total. The summed E-state index contributed by atoms with van der Waals surface area (Å²) in [4.78, 5) is 16.5. The number of thiazole rings is 1. The molecule has 2 rings (SSSR count). The van der Waals surface area contributed by atoms with E-state index in [9.17, 15) is 23.8 Å². The van der Waals surface area contributed by atoms with Gasteiger partial charge in [-0.1, -0.05) is 27.7 Å². The van der Waals surface area contributed by atoms with E-state index in [0.29, 0.717) is 10.6 Å². The maximum Gasteiger partial charge on any atom is 0.353 e. The van der Waals surface area contributed by atoms with E-state index in [2.05, 4.69) is 14.7 Å². The molecule has 0 bridgehead atoms. The molecule has 1 unspecified atom stereocenters. The van der Waals surface area contributed by atoms with Gasteiger partial charge in [0.15, 0.2) is 0 Å². The van der Waals surface area contributed by atoms with Crippen molar-refractivity contribution >= 4 is 33.7 Å². The van der Waals surface area contributed by atoms with Crippen molar-refractivity contribution in [3.8, 4) is 6.07 Å². The summed E-state index contributed by atoms with van der Waals surface area (Å²) in [7, 11) is -2.44. The normalized spacial score (nSPS) is 13.0. The summed E-state index contributed by atoms with van der Waals surface area (Å²) in [6.07, 6.45) is 1.31. The number of rotatable bonds is 5. The van der Waals surface area contributed by atoms with E-state index < -0.39 is 28.0 Å². The van der Waals surface area contributed by atoms with E-state index in [1.165, 1.54) is 12.3 Å². The van der Waals surface area contributed by atoms with Crippen LogP contribution >= 0.6 is 11.3 Å². The third-order valence-corrected chi connectivity index (χ3v) is 6.98. The lowest BCUT2D eigenvalue weighted by molar-refractivity contribution is 0.0783. The van der Waals surface area contributed by atoms with Gasteiger partial charge in [-0.15, -0.1) is 15.7 Å². The summed E-state index contributed by atoms with van der Waals surface area (Å²) in [5.74, 6) is -1.10. The summed E-state index contributed by atoms with van der Waals surface area (Å²) < 4.78 is 31.2. The fraction of sp³-hybridized carbons (Fsp3) is 0.450. The fourth-order valence-electron chi connectivity index (χ4n) is 2.82. The van der Waals surface area contributed by atoms with Gasteiger partial charge in [-0.3, -0.25) is 0 Å². The number of aromatic nitrogens is 1. The van der Waals surface area contributed by atoms with E-state index in [1.54, 1.807) is 27.7 Å². The monoisotopic (exact) mass is 452 g/mol. The quantitative estimate of drug-likeness (QED) is 0.559. The Labute approximate surface area is 181 Å². The van der Waals surface area contributed by atoms with Gasteiger partial charge in [0.25, 0.3) is 0 Å². The number of nitrogens with zero attached hydrogens (tertiary/aromatic N) is 3. The average Bonchev–Trinajstić information content (AvgIpc) is 3.11. The Hall–Kier alpha value is -2.35. The molecule has 0 saturated heterocycles. The van der Waals surface area contributed by atoms with Crippen molar-refractivity contribution in [2.45, 2.75) is 63.2 Å². The standard InChI is InChI=1S/C20H25FN4O3S2/c1-10(2)13-7-12(8-22)16(21)15(11(3)4)17(13)24-19(26)25-30(28)14-9-23-18(29-14)20(5,6)27/h7,9-11,27,30H,1-6H3,(H,24,26). The van der Waals surface area contributed by atoms with E-state index in [4.69, 9.17) is 0 Å². The highest BCUT2D eigenvalue weighted by molar-refractivity contribution is 7.78. The molecular weight excluding hydrogens is 427 g/mol. The first kappa shape index (κ1) is 23.9. The molecule has 2 amide bonds. The Kier molecular flexibility index (Phi) is 7.34. The van der Waals surface area contributed by atoms with Crippen LogP contribution in [0.3, 0.4) is 0 Å². The molecule has 0 radical (unpaired) electrons. The Morgan fingerprint density at radius 1 is 1.37 bits per heavy atom. The van der Waals surface area contributed by atoms with Gasteiger partial charge in [0.05, 0.1) is 28.0 Å². The number of urea groups is 1. The van der Waals surface area contributed by atoms with Crippen LogP contribution in [0.4, 0.5) is 14.9 Å². The van der Waals surface area contributed by atoms with Crippen molar-refractivity contribution in [3.63, 3.8) is 0 Å². The van der Waals surface area contributed by atoms with Gasteiger partial charge in [-0.2, -0.15) is 5.26 Å². The Morgan fingerprint density at radius 3 is 2.47 bits per heavy atom. The van der Waals surface area contributed by atoms with Crippen LogP contribution in [-0.2, 0) is 16.2 Å². The average molecular weight is 453 g/mol. The fourth-order valence-corrected chi connectivity index (χ4v) is 4.64. The second kappa shape index (κ2) is 9.20. The molecule has 2 aromatic rings. The molecule has 0 aliphatic carbocycles. The molecule has 0 fully saturated rings. The number of nitriles is 1. The Bertz CT molecular complexity index is 1090. The third kappa shape index (κ3) is 5.22. The van der Waals surface area contributed by atoms with Gasteiger partial charge >= 0.3 is 6.03 Å². The van der Waals surface area contributed by atoms with Crippen molar-refractivity contribution in [2.75, 3.05) is 5.32 Å². The second-order valence-corrected chi connectivity index (χ2v) is 10.5. The van der Waals surface area contributed by atoms with E-state index >= 15 is 0 Å². The molecule has 10 heteroatoms. The third-order valence-electron chi connectivity index (χ3n) is 4.27. The van der Waals surface area contributed by atoms with Gasteiger partial charge in [0.2, 0.25) is 0 Å². The second-order valence-electron chi connectivity index (χ2n) is 7.90. The zero-order chi connectivity index (χ0) is 22.8. The smallest absolute Gasteiger partial charge is 0.353 e. The minimum atomic E-state index is -2.44. The van der Waals surface area contributed by atoms with Gasteiger partial charge < -0.3 is 10.4 Å². The molecule has 1 atom stereocenters. The van der Waals surface area contributed by atoms with Crippen molar-refractivity contribution in [1.29, 1.82) is 5.26 Å². The van der Waals surface area contributed by atoms with Crippen molar-refractivity contribution in [3.05, 3.63) is 39.8 Å². The lowest BCUT2D eigenvalue weighted by Crippen LogP contribution is -2.15. The zero-order valence-electron chi connectivity index (χ0n) is 17.6. The van der Waals surface area contributed by atoms with Crippen LogP contribution in [0.2, 0.25) is 0 Å². The van der Waals surface area contributed by atoms with Crippen LogP contribution < -0.4 is 5.32 Å². The van der Waals surface area contributed by atoms with Crippen LogP contribution in [0.25, 0.3) is 0 Å². The van der Waals surface area contributed by atoms with Crippen molar-refractivity contribution < 1.29 is 18.5 Å². The summed E-state index contributed by atoms with van der Waals surface area (Å²) in [6, 6.07) is 2.38. The summed E-state index contributed by atoms with van der Waals surface area (Å²) in [6.45, 7) is 10.3. The first-order valence-electron chi connectivity index (χ1n) is 9.31. The topological polar surface area (TPSA) is 115 Å². The highest BCUT2D eigenvalue weighted by Gasteiger charge is 2.24. The molecule has 1 heterocycles. The minimum Gasteiger partial charge on any atom is -0.383 e. The maximum atomic E-state index is 14.8. The van der Waals surface area contributed by atoms with Gasteiger partial charge in [-0.25, -0.2) is 18.4 Å². The van der Waals surface area contributed by atoms with E-state index in [-0.39, 0.29) is 32.9 Å². The molecule has 1 aromatic heterocycles. The zero-order valence-corrected chi connectivity index (χ0v) is 19.4. The van der Waals surface area contributed by atoms with Crippen LogP contribution in [0.5, 0.6) is 0 Å². The highest BCUT2D eigenvalue weighted by atomic mass is 32.2. The summed E-state index contributed by atoms with van der Waals surface area (Å²) in [5.41, 5.74) is -0.238. The molecule has 2 N–H and O–H groups in total. The van der Waals surface area contributed by atoms with Gasteiger partial charge in [0, 0.05) is 5.56 Å². The number of carbonyl (C=O) groups is 1. The molecule has 162 valence electrons. The number of amides is 2. The number of nitrogens with one attached hydrogen (secondary N) is 1. The van der Waals surface area contributed by atoms with Crippen LogP contribution in [0, 0.1) is 17.1 Å². The van der Waals surface area contributed by atoms with Crippen molar-refractivity contribution in [2.24, 2.45) is 4.36 Å². The molecular formula is C20H25FN4O3S2. The molecule has 0 aliphatic rings. The number of thiol groups is 1. The highest BCUT2D eigenvalue weighted by Crippen LogP contribution is 2.36. The molecule has 0 aliphatic heterocycles. The predicted octanol–water partition coefficient (Wildman–Crippen LogP) is 4.88. The molecule has 0 spiro atoms. The number of benzene rings is 1. The van der Waals surface area contributed by atoms with E-state index in [1.807, 2.05) is 19.9 Å². The van der Waals surface area contributed by atoms with Crippen molar-refractivity contribution in [1.82, 2.24) is 4.98 Å². The Morgan fingerprint density at radius 2 is 2.00 bits per heavy atom. The minimum absolute atomic E-state index is 0.0905. The van der Waals surface area contributed by atoms with E-state index in [0.717, 1.165) is 11.3 Å². The van der Waals surface area contributed by atoms with Gasteiger partial charge in [0.1, 0.15) is 26.7 Å². The Balaban J connectivity index is 2.46. The van der Waals surface area contributed by atoms with Crippen LogP contribution in [0.15, 0.2) is 20.8 Å². The largest absolute Gasteiger partial charge is 0.383 e. The van der Waals surface area contributed by atoms with Crippen LogP contribution in [-0.4, -0.2) is 20.3 Å². The summed E-state index contributed by atoms with van der Waals surface area (Å²) in [5, 5.41) is 22.2. The SMILES string of the molecule is CC(C)c1cc(C#N)c(F)c(C(C)C)c1NC(=O)/N=[SH](=O)/c1cnc(C(C)(C)O)s1. The number of carbonyl (C=O) groups excluding carboxylic acids is 1. The first-order valence-corrected chi connectivity index (χ1v) is 11.3. The number of halogens is 1. The summed E-state index contributed by atoms with van der Waals surface area (Å²) >= 11 is 1.01. The number of hydrogen-bond donors (Lipinski definition) is 3. The lowest BCUT2D eigenvalue weighted by atomic mass is 9.90. The number of anilines is 1. The molecule has 0 saturated carbocycles. The van der Waals surface area contributed by atoms with Crippen LogP contribution in [0.1, 0.15) is 75.1 Å². The molecule has 30 heavy (non-hydrogen) atoms.